The zero-order valence-corrected chi connectivity index (χ0v) is 7.92. The minimum absolute atomic E-state index is 0.284. The van der Waals surface area contributed by atoms with Crippen molar-refractivity contribution in [3.05, 3.63) is 39.8 Å². The molecule has 0 bridgehead atoms. The van der Waals surface area contributed by atoms with E-state index in [1.165, 1.54) is 12.1 Å². The Bertz CT molecular complexity index is 341. The van der Waals surface area contributed by atoms with Crippen LogP contribution in [0.3, 0.4) is 0 Å². The van der Waals surface area contributed by atoms with Crippen LogP contribution in [0.4, 0.5) is 0 Å². The zero-order valence-electron chi connectivity index (χ0n) is 6.41. The van der Waals surface area contributed by atoms with Gasteiger partial charge in [-0.3, -0.25) is 4.79 Å². The Morgan fingerprint density at radius 1 is 1.46 bits per heavy atom. The lowest BCUT2D eigenvalue weighted by atomic mass is 10.1. The molecule has 0 heterocycles. The van der Waals surface area contributed by atoms with Gasteiger partial charge in [-0.1, -0.05) is 35.3 Å². The molecule has 3 nitrogen and oxygen atoms in total. The number of carbonyl (C=O) groups is 1. The molecule has 5 heteroatoms. The van der Waals surface area contributed by atoms with E-state index in [9.17, 15) is 9.70 Å². The van der Waals surface area contributed by atoms with Crippen LogP contribution in [0.1, 0.15) is 10.4 Å². The number of ketones is 1. The second-order valence-corrected chi connectivity index (χ2v) is 3.17. The highest BCUT2D eigenvalue weighted by molar-refractivity contribution is 6.34. The van der Waals surface area contributed by atoms with Crippen molar-refractivity contribution in [3.8, 4) is 0 Å². The van der Waals surface area contributed by atoms with Gasteiger partial charge in [-0.2, -0.15) is 0 Å². The average Bonchev–Trinajstić information content (AvgIpc) is 2.15. The minimum atomic E-state index is -1.38. The van der Waals surface area contributed by atoms with Crippen LogP contribution in [-0.4, -0.2) is 11.3 Å². The van der Waals surface area contributed by atoms with Gasteiger partial charge >= 0.3 is 0 Å². The Morgan fingerprint density at radius 2 is 2.15 bits per heavy atom. The number of benzene rings is 1. The summed E-state index contributed by atoms with van der Waals surface area (Å²) in [7, 11) is 0. The molecule has 1 atom stereocenters. The van der Waals surface area contributed by atoms with E-state index in [0.29, 0.717) is 5.02 Å². The fourth-order valence-corrected chi connectivity index (χ4v) is 1.14. The molecule has 0 saturated carbocycles. The van der Waals surface area contributed by atoms with Crippen LogP contribution in [0, 0.1) is 4.91 Å². The maximum atomic E-state index is 11.2. The van der Waals surface area contributed by atoms with Gasteiger partial charge in [0, 0.05) is 10.6 Å². The van der Waals surface area contributed by atoms with Crippen LogP contribution >= 0.6 is 23.2 Å². The molecule has 0 radical (unpaired) electrons. The Kier molecular flexibility index (Phi) is 3.39. The van der Waals surface area contributed by atoms with Crippen LogP contribution in [0.2, 0.25) is 5.02 Å². The largest absolute Gasteiger partial charge is 0.290 e. The zero-order chi connectivity index (χ0) is 9.84. The molecule has 13 heavy (non-hydrogen) atoms. The maximum absolute atomic E-state index is 11.2. The summed E-state index contributed by atoms with van der Waals surface area (Å²) in [5.74, 6) is -0.542. The van der Waals surface area contributed by atoms with Gasteiger partial charge in [-0.15, -0.1) is 4.91 Å². The van der Waals surface area contributed by atoms with E-state index in [0.717, 1.165) is 0 Å². The fourth-order valence-electron chi connectivity index (χ4n) is 0.827. The molecule has 0 N–H and O–H groups in total. The third kappa shape index (κ3) is 2.50. The van der Waals surface area contributed by atoms with Crippen LogP contribution in [0.5, 0.6) is 0 Å². The molecule has 1 unspecified atom stereocenters. The second-order valence-electron chi connectivity index (χ2n) is 2.32. The van der Waals surface area contributed by atoms with Crippen molar-refractivity contribution in [3.63, 3.8) is 0 Å². The molecule has 1 aromatic carbocycles. The summed E-state index contributed by atoms with van der Waals surface area (Å²) in [5.41, 5.74) is -1.09. The highest BCUT2D eigenvalue weighted by atomic mass is 35.5. The minimum Gasteiger partial charge on any atom is -0.290 e. The molecular weight excluding hydrogens is 213 g/mol. The summed E-state index contributed by atoms with van der Waals surface area (Å²) in [6.07, 6.45) is 0. The lowest BCUT2D eigenvalue weighted by Gasteiger charge is -2.00. The summed E-state index contributed by atoms with van der Waals surface area (Å²) >= 11 is 11.0. The van der Waals surface area contributed by atoms with Crippen LogP contribution in [0.15, 0.2) is 29.4 Å². The molecule has 1 rings (SSSR count). The van der Waals surface area contributed by atoms with Crippen LogP contribution in [-0.2, 0) is 0 Å². The third-order valence-corrected chi connectivity index (χ3v) is 1.93. The predicted molar refractivity (Wildman–Crippen MR) is 51.2 cm³/mol. The highest BCUT2D eigenvalue weighted by Crippen LogP contribution is 2.14. The normalized spacial score (nSPS) is 12.2. The molecule has 1 aromatic rings. The van der Waals surface area contributed by atoms with E-state index in [1.807, 2.05) is 0 Å². The number of nitrogens with zero attached hydrogens (tertiary/aromatic N) is 1. The molecular formula is C8H5Cl2NO2. The quantitative estimate of drug-likeness (QED) is 0.339. The van der Waals surface area contributed by atoms with Crippen molar-refractivity contribution < 1.29 is 4.79 Å². The summed E-state index contributed by atoms with van der Waals surface area (Å²) < 4.78 is 0. The van der Waals surface area contributed by atoms with E-state index in [4.69, 9.17) is 23.2 Å². The Hall–Kier alpha value is -0.930. The van der Waals surface area contributed by atoms with E-state index in [2.05, 4.69) is 5.18 Å². The third-order valence-electron chi connectivity index (χ3n) is 1.42. The predicted octanol–water partition coefficient (Wildman–Crippen LogP) is 2.85. The van der Waals surface area contributed by atoms with Crippen molar-refractivity contribution in [2.75, 3.05) is 0 Å². The number of rotatable bonds is 3. The topological polar surface area (TPSA) is 46.5 Å². The first-order valence-corrected chi connectivity index (χ1v) is 4.23. The molecule has 0 aromatic heterocycles. The summed E-state index contributed by atoms with van der Waals surface area (Å²) in [6.45, 7) is 0. The van der Waals surface area contributed by atoms with Gasteiger partial charge in [0.1, 0.15) is 0 Å². The number of alkyl halides is 1. The van der Waals surface area contributed by atoms with Gasteiger partial charge in [-0.25, -0.2) is 0 Å². The highest BCUT2D eigenvalue weighted by Gasteiger charge is 2.17. The SMILES string of the molecule is O=NC(Cl)C(=O)c1cccc(Cl)c1. The van der Waals surface area contributed by atoms with Crippen molar-refractivity contribution >= 4 is 29.0 Å². The van der Waals surface area contributed by atoms with Crippen molar-refractivity contribution in [1.29, 1.82) is 0 Å². The maximum Gasteiger partial charge on any atom is 0.227 e. The van der Waals surface area contributed by atoms with Gasteiger partial charge < -0.3 is 0 Å². The molecule has 0 aliphatic carbocycles. The summed E-state index contributed by atoms with van der Waals surface area (Å²) in [6, 6.07) is 6.18. The van der Waals surface area contributed by atoms with Crippen molar-refractivity contribution in [2.24, 2.45) is 5.18 Å². The van der Waals surface area contributed by atoms with E-state index in [-0.39, 0.29) is 5.56 Å². The number of nitroso groups, excluding NO2 is 1. The summed E-state index contributed by atoms with van der Waals surface area (Å²) in [5, 5.41) is 2.83. The molecule has 68 valence electrons. The second kappa shape index (κ2) is 4.35. The van der Waals surface area contributed by atoms with Gasteiger partial charge in [0.05, 0.1) is 0 Å². The molecule has 0 fully saturated rings. The number of Topliss-reactive ketones (excluding diaryl/α,β-unsaturated/α-hetero) is 1. The van der Waals surface area contributed by atoms with E-state index in [1.54, 1.807) is 12.1 Å². The van der Waals surface area contributed by atoms with E-state index < -0.39 is 11.3 Å². The molecule has 0 aliphatic heterocycles. The molecule has 0 amide bonds. The standard InChI is InChI=1S/C8H5Cl2NO2/c9-6-3-1-2-5(4-6)7(12)8(10)11-13/h1-4,8H. The molecule has 0 aliphatic rings. The number of hydrogen-bond donors (Lipinski definition) is 0. The number of carbonyl (C=O) groups excluding carboxylic acids is 1. The smallest absolute Gasteiger partial charge is 0.227 e. The lowest BCUT2D eigenvalue weighted by molar-refractivity contribution is 0.0989. The van der Waals surface area contributed by atoms with E-state index >= 15 is 0 Å². The monoisotopic (exact) mass is 217 g/mol. The number of hydrogen-bond acceptors (Lipinski definition) is 3. The molecule has 0 spiro atoms. The fraction of sp³-hybridized carbons (Fsp3) is 0.125. The first-order chi connectivity index (χ1) is 6.15. The number of halogens is 2. The van der Waals surface area contributed by atoms with Gasteiger partial charge in [-0.05, 0) is 17.3 Å². The average molecular weight is 218 g/mol. The Labute approximate surface area is 84.6 Å². The van der Waals surface area contributed by atoms with Crippen LogP contribution < -0.4 is 0 Å². The van der Waals surface area contributed by atoms with Crippen LogP contribution in [0.25, 0.3) is 0 Å². The first kappa shape index (κ1) is 10.2. The Balaban J connectivity index is 2.95. The Morgan fingerprint density at radius 3 is 2.69 bits per heavy atom. The first-order valence-electron chi connectivity index (χ1n) is 3.41. The van der Waals surface area contributed by atoms with Gasteiger partial charge in [0.15, 0.2) is 0 Å². The van der Waals surface area contributed by atoms with Crippen molar-refractivity contribution in [2.45, 2.75) is 5.50 Å². The molecule has 0 saturated heterocycles. The van der Waals surface area contributed by atoms with Gasteiger partial charge in [0.2, 0.25) is 11.3 Å². The van der Waals surface area contributed by atoms with Crippen molar-refractivity contribution in [1.82, 2.24) is 0 Å². The lowest BCUT2D eigenvalue weighted by Crippen LogP contribution is -2.11. The van der Waals surface area contributed by atoms with Gasteiger partial charge in [0.25, 0.3) is 0 Å². The summed E-state index contributed by atoms with van der Waals surface area (Å²) in [4.78, 5) is 21.2.